The Morgan fingerprint density at radius 2 is 2.19 bits per heavy atom. The summed E-state index contributed by atoms with van der Waals surface area (Å²) >= 11 is 1.75. The molecule has 3 heteroatoms. The van der Waals surface area contributed by atoms with E-state index < -0.39 is 0 Å². The zero-order chi connectivity index (χ0) is 11.5. The molecular formula is C13H23NOS. The highest BCUT2D eigenvalue weighted by Crippen LogP contribution is 2.08. The fourth-order valence-corrected chi connectivity index (χ4v) is 2.15. The van der Waals surface area contributed by atoms with E-state index >= 15 is 0 Å². The van der Waals surface area contributed by atoms with Gasteiger partial charge in [0.15, 0.2) is 0 Å². The molecule has 0 radical (unpaired) electrons. The summed E-state index contributed by atoms with van der Waals surface area (Å²) in [6.07, 6.45) is 5.30. The van der Waals surface area contributed by atoms with E-state index in [2.05, 4.69) is 29.8 Å². The largest absolute Gasteiger partial charge is 0.375 e. The van der Waals surface area contributed by atoms with Crippen molar-refractivity contribution in [2.45, 2.75) is 39.2 Å². The highest BCUT2D eigenvalue weighted by molar-refractivity contribution is 7.09. The third kappa shape index (κ3) is 6.99. The van der Waals surface area contributed by atoms with Crippen molar-refractivity contribution in [2.24, 2.45) is 0 Å². The molecule has 1 N–H and O–H groups in total. The summed E-state index contributed by atoms with van der Waals surface area (Å²) in [4.78, 5) is 1.31. The summed E-state index contributed by atoms with van der Waals surface area (Å²) in [5.74, 6) is 0. The minimum absolute atomic E-state index is 0.759. The van der Waals surface area contributed by atoms with Crippen molar-refractivity contribution in [3.63, 3.8) is 0 Å². The fraction of sp³-hybridized carbons (Fsp3) is 0.692. The molecule has 0 unspecified atom stereocenters. The molecule has 1 rings (SSSR count). The summed E-state index contributed by atoms with van der Waals surface area (Å²) in [5.41, 5.74) is 0. The molecule has 0 fully saturated rings. The van der Waals surface area contributed by atoms with E-state index in [1.54, 1.807) is 11.3 Å². The average molecular weight is 241 g/mol. The summed E-state index contributed by atoms with van der Waals surface area (Å²) in [5, 5.41) is 5.49. The van der Waals surface area contributed by atoms with E-state index in [1.165, 1.54) is 30.6 Å². The smallest absolute Gasteiger partial charge is 0.0809 e. The zero-order valence-electron chi connectivity index (χ0n) is 10.2. The number of hydrogen-bond acceptors (Lipinski definition) is 3. The summed E-state index contributed by atoms with van der Waals surface area (Å²) in [6, 6.07) is 4.18. The molecule has 16 heavy (non-hydrogen) atoms. The minimum atomic E-state index is 0.759. The first-order valence-corrected chi connectivity index (χ1v) is 7.12. The lowest BCUT2D eigenvalue weighted by molar-refractivity contribution is 0.125. The van der Waals surface area contributed by atoms with E-state index in [0.29, 0.717) is 0 Å². The molecule has 0 bridgehead atoms. The SMILES string of the molecule is CCCCCCNCCOCc1cccs1. The molecule has 0 saturated carbocycles. The van der Waals surface area contributed by atoms with E-state index in [4.69, 9.17) is 4.74 Å². The lowest BCUT2D eigenvalue weighted by Gasteiger charge is -2.05. The van der Waals surface area contributed by atoms with Crippen LogP contribution in [0.5, 0.6) is 0 Å². The van der Waals surface area contributed by atoms with Gasteiger partial charge < -0.3 is 10.1 Å². The van der Waals surface area contributed by atoms with Crippen LogP contribution in [0.4, 0.5) is 0 Å². The normalized spacial score (nSPS) is 10.8. The summed E-state index contributed by atoms with van der Waals surface area (Å²) < 4.78 is 5.55. The molecule has 1 aromatic heterocycles. The van der Waals surface area contributed by atoms with Gasteiger partial charge in [0.1, 0.15) is 0 Å². The van der Waals surface area contributed by atoms with Crippen molar-refractivity contribution in [3.8, 4) is 0 Å². The van der Waals surface area contributed by atoms with Gasteiger partial charge in [0.25, 0.3) is 0 Å². The first-order valence-electron chi connectivity index (χ1n) is 6.24. The van der Waals surface area contributed by atoms with Gasteiger partial charge in [0.05, 0.1) is 13.2 Å². The number of unbranched alkanes of at least 4 members (excludes halogenated alkanes) is 3. The molecule has 1 heterocycles. The standard InChI is InChI=1S/C13H23NOS/c1-2-3-4-5-8-14-9-10-15-12-13-7-6-11-16-13/h6-7,11,14H,2-5,8-10,12H2,1H3. The lowest BCUT2D eigenvalue weighted by Crippen LogP contribution is -2.20. The van der Waals surface area contributed by atoms with Gasteiger partial charge in [-0.1, -0.05) is 32.3 Å². The Morgan fingerprint density at radius 3 is 2.94 bits per heavy atom. The summed E-state index contributed by atoms with van der Waals surface area (Å²) in [6.45, 7) is 5.91. The predicted molar refractivity (Wildman–Crippen MR) is 71.0 cm³/mol. The number of thiophene rings is 1. The third-order valence-corrected chi connectivity index (χ3v) is 3.30. The Bertz CT molecular complexity index is 236. The van der Waals surface area contributed by atoms with E-state index in [0.717, 1.165) is 26.3 Å². The van der Waals surface area contributed by atoms with Gasteiger partial charge in [-0.3, -0.25) is 0 Å². The lowest BCUT2D eigenvalue weighted by atomic mass is 10.2. The number of nitrogens with one attached hydrogen (secondary N) is 1. The van der Waals surface area contributed by atoms with Crippen molar-refractivity contribution in [3.05, 3.63) is 22.4 Å². The van der Waals surface area contributed by atoms with Gasteiger partial charge in [-0.25, -0.2) is 0 Å². The molecule has 0 aliphatic rings. The Morgan fingerprint density at radius 1 is 1.25 bits per heavy atom. The van der Waals surface area contributed by atoms with Gasteiger partial charge >= 0.3 is 0 Å². The second-order valence-corrected chi connectivity index (χ2v) is 4.97. The second kappa shape index (κ2) is 9.82. The molecule has 0 aromatic carbocycles. The maximum atomic E-state index is 5.55. The Balaban J connectivity index is 1.78. The van der Waals surface area contributed by atoms with Crippen LogP contribution in [0, 0.1) is 0 Å². The maximum Gasteiger partial charge on any atom is 0.0809 e. The maximum absolute atomic E-state index is 5.55. The molecule has 0 atom stereocenters. The van der Waals surface area contributed by atoms with Gasteiger partial charge in [-0.2, -0.15) is 0 Å². The molecule has 0 amide bonds. The molecule has 0 saturated heterocycles. The zero-order valence-corrected chi connectivity index (χ0v) is 11.0. The van der Waals surface area contributed by atoms with Crippen molar-refractivity contribution in [2.75, 3.05) is 19.7 Å². The molecule has 0 aliphatic heterocycles. The predicted octanol–water partition coefficient (Wildman–Crippen LogP) is 3.43. The van der Waals surface area contributed by atoms with Crippen molar-refractivity contribution in [1.29, 1.82) is 0 Å². The topological polar surface area (TPSA) is 21.3 Å². The molecule has 1 aromatic rings. The highest BCUT2D eigenvalue weighted by atomic mass is 32.1. The van der Waals surface area contributed by atoms with Crippen LogP contribution in [0.15, 0.2) is 17.5 Å². The van der Waals surface area contributed by atoms with Crippen LogP contribution in [-0.2, 0) is 11.3 Å². The highest BCUT2D eigenvalue weighted by Gasteiger charge is 1.93. The average Bonchev–Trinajstić information content (AvgIpc) is 2.80. The number of rotatable bonds is 10. The van der Waals surface area contributed by atoms with Gasteiger partial charge in [-0.05, 0) is 24.4 Å². The van der Waals surface area contributed by atoms with Crippen LogP contribution in [0.25, 0.3) is 0 Å². The van der Waals surface area contributed by atoms with E-state index in [9.17, 15) is 0 Å². The van der Waals surface area contributed by atoms with E-state index in [1.807, 2.05) is 0 Å². The van der Waals surface area contributed by atoms with Crippen LogP contribution in [0.1, 0.15) is 37.5 Å². The van der Waals surface area contributed by atoms with Crippen LogP contribution in [-0.4, -0.2) is 19.7 Å². The first kappa shape index (κ1) is 13.7. The number of ether oxygens (including phenoxy) is 1. The van der Waals surface area contributed by atoms with Gasteiger partial charge in [-0.15, -0.1) is 11.3 Å². The quantitative estimate of drug-likeness (QED) is 0.634. The molecular weight excluding hydrogens is 218 g/mol. The van der Waals surface area contributed by atoms with Crippen LogP contribution >= 0.6 is 11.3 Å². The van der Waals surface area contributed by atoms with Crippen LogP contribution in [0.3, 0.4) is 0 Å². The summed E-state index contributed by atoms with van der Waals surface area (Å²) in [7, 11) is 0. The Labute approximate surface area is 103 Å². The molecule has 0 aliphatic carbocycles. The first-order chi connectivity index (χ1) is 7.93. The van der Waals surface area contributed by atoms with Crippen molar-refractivity contribution in [1.82, 2.24) is 5.32 Å². The molecule has 0 spiro atoms. The fourth-order valence-electron chi connectivity index (χ4n) is 1.51. The second-order valence-electron chi connectivity index (χ2n) is 3.94. The van der Waals surface area contributed by atoms with Crippen LogP contribution < -0.4 is 5.32 Å². The Kier molecular flexibility index (Phi) is 8.40. The third-order valence-electron chi connectivity index (χ3n) is 2.45. The van der Waals surface area contributed by atoms with Crippen molar-refractivity contribution >= 4 is 11.3 Å². The van der Waals surface area contributed by atoms with Gasteiger partial charge in [0, 0.05) is 11.4 Å². The van der Waals surface area contributed by atoms with Gasteiger partial charge in [0.2, 0.25) is 0 Å². The van der Waals surface area contributed by atoms with E-state index in [-0.39, 0.29) is 0 Å². The monoisotopic (exact) mass is 241 g/mol. The minimum Gasteiger partial charge on any atom is -0.375 e. The number of hydrogen-bond donors (Lipinski definition) is 1. The molecule has 2 nitrogen and oxygen atoms in total. The molecule has 92 valence electrons. The van der Waals surface area contributed by atoms with Crippen molar-refractivity contribution < 1.29 is 4.74 Å². The van der Waals surface area contributed by atoms with Crippen LogP contribution in [0.2, 0.25) is 0 Å². The Hall–Kier alpha value is -0.380.